The molecule has 94 valence electrons. The van der Waals surface area contributed by atoms with Crippen molar-refractivity contribution in [2.45, 2.75) is 39.0 Å². The summed E-state index contributed by atoms with van der Waals surface area (Å²) in [6, 6.07) is 3.71. The lowest BCUT2D eigenvalue weighted by Gasteiger charge is -2.11. The van der Waals surface area contributed by atoms with Gasteiger partial charge in [-0.3, -0.25) is 4.79 Å². The fourth-order valence-corrected chi connectivity index (χ4v) is 3.90. The second kappa shape index (κ2) is 5.00. The molecule has 0 bridgehead atoms. The van der Waals surface area contributed by atoms with E-state index in [0.29, 0.717) is 4.90 Å². The molecule has 0 heterocycles. The zero-order valence-electron chi connectivity index (χ0n) is 10.7. The third-order valence-electron chi connectivity index (χ3n) is 2.64. The van der Waals surface area contributed by atoms with Gasteiger partial charge in [-0.15, -0.1) is 0 Å². The van der Waals surface area contributed by atoms with Crippen molar-refractivity contribution in [2.75, 3.05) is 5.75 Å². The van der Waals surface area contributed by atoms with E-state index in [9.17, 15) is 13.2 Å². The summed E-state index contributed by atoms with van der Waals surface area (Å²) in [6.45, 7) is 6.93. The van der Waals surface area contributed by atoms with Crippen molar-refractivity contribution < 1.29 is 13.2 Å². The summed E-state index contributed by atoms with van der Waals surface area (Å²) in [7, 11) is -3.35. The Kier molecular flexibility index (Phi) is 4.09. The van der Waals surface area contributed by atoms with Gasteiger partial charge in [0.15, 0.2) is 9.84 Å². The number of rotatable bonds is 4. The minimum absolute atomic E-state index is 0.0785. The highest BCUT2D eigenvalue weighted by molar-refractivity contribution is 7.91. The van der Waals surface area contributed by atoms with Crippen molar-refractivity contribution in [2.24, 2.45) is 0 Å². The lowest BCUT2D eigenvalue weighted by Crippen LogP contribution is -2.13. The van der Waals surface area contributed by atoms with E-state index in [-0.39, 0.29) is 18.0 Å². The van der Waals surface area contributed by atoms with E-state index >= 15 is 0 Å². The molecule has 0 fully saturated rings. The van der Waals surface area contributed by atoms with Gasteiger partial charge in [-0.05, 0) is 38.8 Å². The minimum atomic E-state index is -3.35. The van der Waals surface area contributed by atoms with Crippen LogP contribution in [-0.2, 0) is 14.6 Å². The van der Waals surface area contributed by atoms with Crippen molar-refractivity contribution in [3.8, 4) is 0 Å². The molecule has 17 heavy (non-hydrogen) atoms. The van der Waals surface area contributed by atoms with Gasteiger partial charge in [0.1, 0.15) is 5.78 Å². The van der Waals surface area contributed by atoms with Gasteiger partial charge in [-0.25, -0.2) is 8.42 Å². The molecule has 0 saturated heterocycles. The van der Waals surface area contributed by atoms with Crippen LogP contribution in [-0.4, -0.2) is 20.0 Å². The number of carbonyl (C=O) groups excluding carboxylic acids is 1. The molecule has 4 heteroatoms. The Bertz CT molecular complexity index is 519. The first-order valence-corrected chi connectivity index (χ1v) is 7.19. The Morgan fingerprint density at radius 2 is 1.59 bits per heavy atom. The number of aryl methyl sites for hydroxylation is 3. The lowest BCUT2D eigenvalue weighted by atomic mass is 10.1. The normalized spacial score (nSPS) is 11.5. The summed E-state index contributed by atoms with van der Waals surface area (Å²) in [5.41, 5.74) is 2.56. The van der Waals surface area contributed by atoms with Crippen LogP contribution in [0.15, 0.2) is 17.0 Å². The average molecular weight is 254 g/mol. The van der Waals surface area contributed by atoms with Gasteiger partial charge in [0, 0.05) is 6.42 Å². The van der Waals surface area contributed by atoms with E-state index in [1.54, 1.807) is 13.8 Å². The third-order valence-corrected chi connectivity index (χ3v) is 4.65. The second-order valence-electron chi connectivity index (χ2n) is 4.50. The number of benzene rings is 1. The topological polar surface area (TPSA) is 51.2 Å². The molecule has 0 unspecified atom stereocenters. The van der Waals surface area contributed by atoms with Gasteiger partial charge in [0.25, 0.3) is 0 Å². The summed E-state index contributed by atoms with van der Waals surface area (Å²) < 4.78 is 24.3. The quantitative estimate of drug-likeness (QED) is 0.828. The van der Waals surface area contributed by atoms with Crippen LogP contribution in [0.1, 0.15) is 30.0 Å². The van der Waals surface area contributed by atoms with E-state index in [4.69, 9.17) is 0 Å². The summed E-state index contributed by atoms with van der Waals surface area (Å²) in [5, 5.41) is 0. The lowest BCUT2D eigenvalue weighted by molar-refractivity contribution is -0.116. The van der Waals surface area contributed by atoms with Crippen LogP contribution >= 0.6 is 0 Å². The fourth-order valence-electron chi connectivity index (χ4n) is 2.04. The minimum Gasteiger partial charge on any atom is -0.300 e. The highest BCUT2D eigenvalue weighted by atomic mass is 32.2. The summed E-state index contributed by atoms with van der Waals surface area (Å²) in [5.74, 6) is -0.205. The first-order chi connectivity index (χ1) is 7.74. The van der Waals surface area contributed by atoms with E-state index in [1.807, 2.05) is 19.1 Å². The van der Waals surface area contributed by atoms with Gasteiger partial charge >= 0.3 is 0 Å². The van der Waals surface area contributed by atoms with Crippen molar-refractivity contribution in [3.05, 3.63) is 28.8 Å². The average Bonchev–Trinajstić information content (AvgIpc) is 2.12. The molecular weight excluding hydrogens is 236 g/mol. The van der Waals surface area contributed by atoms with E-state index in [1.165, 1.54) is 6.92 Å². The molecule has 0 radical (unpaired) electrons. The Morgan fingerprint density at radius 3 is 2.00 bits per heavy atom. The van der Waals surface area contributed by atoms with Gasteiger partial charge in [0.2, 0.25) is 0 Å². The van der Waals surface area contributed by atoms with Crippen molar-refractivity contribution >= 4 is 15.6 Å². The monoisotopic (exact) mass is 254 g/mol. The summed E-state index contributed by atoms with van der Waals surface area (Å²) in [4.78, 5) is 11.3. The summed E-state index contributed by atoms with van der Waals surface area (Å²) >= 11 is 0. The fraction of sp³-hybridized carbons (Fsp3) is 0.462. The maximum Gasteiger partial charge on any atom is 0.179 e. The molecule has 0 spiro atoms. The van der Waals surface area contributed by atoms with Crippen molar-refractivity contribution in [1.29, 1.82) is 0 Å². The molecular formula is C13H18O3S. The molecule has 3 nitrogen and oxygen atoms in total. The number of Topliss-reactive ketones (excluding diaryl/α,β-unsaturated/α-hetero) is 1. The number of carbonyl (C=O) groups is 1. The maximum atomic E-state index is 12.1. The number of ketones is 1. The van der Waals surface area contributed by atoms with Gasteiger partial charge in [-0.2, -0.15) is 0 Å². The van der Waals surface area contributed by atoms with Crippen molar-refractivity contribution in [1.82, 2.24) is 0 Å². The molecule has 0 N–H and O–H groups in total. The van der Waals surface area contributed by atoms with Crippen LogP contribution < -0.4 is 0 Å². The zero-order valence-corrected chi connectivity index (χ0v) is 11.5. The number of hydrogen-bond acceptors (Lipinski definition) is 3. The first kappa shape index (κ1) is 13.9. The smallest absolute Gasteiger partial charge is 0.179 e. The molecule has 0 saturated carbocycles. The van der Waals surface area contributed by atoms with Crippen LogP contribution in [0.5, 0.6) is 0 Å². The van der Waals surface area contributed by atoms with Crippen LogP contribution in [0.4, 0.5) is 0 Å². The van der Waals surface area contributed by atoms with Crippen LogP contribution in [0, 0.1) is 20.8 Å². The predicted molar refractivity (Wildman–Crippen MR) is 68.0 cm³/mol. The van der Waals surface area contributed by atoms with E-state index < -0.39 is 9.84 Å². The first-order valence-electron chi connectivity index (χ1n) is 5.54. The summed E-state index contributed by atoms with van der Waals surface area (Å²) in [6.07, 6.45) is 0.0785. The standard InChI is InChI=1S/C13H18O3S/c1-9-7-10(2)13(11(3)8-9)17(15,16)6-5-12(4)14/h7-8H,5-6H2,1-4H3. The SMILES string of the molecule is CC(=O)CCS(=O)(=O)c1c(C)cc(C)cc1C. The van der Waals surface area contributed by atoms with Gasteiger partial charge < -0.3 is 0 Å². The Labute approximate surface area is 103 Å². The molecule has 0 aliphatic rings. The van der Waals surface area contributed by atoms with Crippen LogP contribution in [0.25, 0.3) is 0 Å². The Balaban J connectivity index is 3.20. The molecule has 0 aliphatic carbocycles. The van der Waals surface area contributed by atoms with Crippen LogP contribution in [0.2, 0.25) is 0 Å². The van der Waals surface area contributed by atoms with Gasteiger partial charge in [-0.1, -0.05) is 17.7 Å². The van der Waals surface area contributed by atoms with Crippen LogP contribution in [0.3, 0.4) is 0 Å². The number of hydrogen-bond donors (Lipinski definition) is 0. The largest absolute Gasteiger partial charge is 0.300 e. The van der Waals surface area contributed by atoms with Crippen molar-refractivity contribution in [3.63, 3.8) is 0 Å². The molecule has 0 aliphatic heterocycles. The zero-order chi connectivity index (χ0) is 13.2. The van der Waals surface area contributed by atoms with E-state index in [0.717, 1.165) is 16.7 Å². The predicted octanol–water partition coefficient (Wildman–Crippen LogP) is 2.36. The molecule has 1 rings (SSSR count). The Hall–Kier alpha value is -1.16. The molecule has 0 amide bonds. The number of sulfone groups is 1. The highest BCUT2D eigenvalue weighted by Crippen LogP contribution is 2.23. The van der Waals surface area contributed by atoms with E-state index in [2.05, 4.69) is 0 Å². The highest BCUT2D eigenvalue weighted by Gasteiger charge is 2.20. The molecule has 1 aromatic carbocycles. The second-order valence-corrected chi connectivity index (χ2v) is 6.54. The maximum absolute atomic E-state index is 12.1. The molecule has 0 atom stereocenters. The Morgan fingerprint density at radius 1 is 1.12 bits per heavy atom. The molecule has 0 aromatic heterocycles. The third kappa shape index (κ3) is 3.40. The molecule has 1 aromatic rings. The van der Waals surface area contributed by atoms with Gasteiger partial charge in [0.05, 0.1) is 10.6 Å².